The fraction of sp³-hybridized carbons (Fsp3) is 0.357. The lowest BCUT2D eigenvalue weighted by atomic mass is 10.2. The van der Waals surface area contributed by atoms with Gasteiger partial charge in [-0.3, -0.25) is 9.00 Å². The summed E-state index contributed by atoms with van der Waals surface area (Å²) in [5.41, 5.74) is 2.12. The SMILES string of the molecule is CCC=C(C)C(=O)Nc1ccc(Cl)c(CS(C)=O)c1. The first-order valence-electron chi connectivity index (χ1n) is 6.00. The van der Waals surface area contributed by atoms with Crippen LogP contribution in [0.4, 0.5) is 5.69 Å². The third kappa shape index (κ3) is 5.17. The number of rotatable bonds is 5. The van der Waals surface area contributed by atoms with Crippen molar-refractivity contribution in [3.8, 4) is 0 Å². The molecule has 0 aliphatic carbocycles. The molecule has 0 bridgehead atoms. The highest BCUT2D eigenvalue weighted by atomic mass is 35.5. The molecule has 0 spiro atoms. The van der Waals surface area contributed by atoms with Crippen LogP contribution in [0.1, 0.15) is 25.8 Å². The summed E-state index contributed by atoms with van der Waals surface area (Å²) in [5.74, 6) is 0.250. The minimum atomic E-state index is -0.968. The van der Waals surface area contributed by atoms with Gasteiger partial charge in [-0.25, -0.2) is 0 Å². The van der Waals surface area contributed by atoms with E-state index in [0.717, 1.165) is 12.0 Å². The molecule has 1 rings (SSSR count). The third-order valence-electron chi connectivity index (χ3n) is 2.53. The zero-order chi connectivity index (χ0) is 14.4. The van der Waals surface area contributed by atoms with Crippen molar-refractivity contribution in [3.63, 3.8) is 0 Å². The normalized spacial score (nSPS) is 13.2. The van der Waals surface area contributed by atoms with Crippen molar-refractivity contribution in [3.05, 3.63) is 40.4 Å². The first-order valence-corrected chi connectivity index (χ1v) is 8.11. The van der Waals surface area contributed by atoms with Crippen molar-refractivity contribution < 1.29 is 9.00 Å². The smallest absolute Gasteiger partial charge is 0.250 e. The van der Waals surface area contributed by atoms with Crippen LogP contribution in [0, 0.1) is 0 Å². The number of amides is 1. The second kappa shape index (κ2) is 7.46. The van der Waals surface area contributed by atoms with Crippen molar-refractivity contribution in [1.82, 2.24) is 0 Å². The molecule has 1 amide bonds. The van der Waals surface area contributed by atoms with Crippen LogP contribution in [0.15, 0.2) is 29.8 Å². The molecule has 0 saturated heterocycles. The van der Waals surface area contributed by atoms with E-state index < -0.39 is 10.8 Å². The summed E-state index contributed by atoms with van der Waals surface area (Å²) < 4.78 is 11.2. The van der Waals surface area contributed by atoms with Gasteiger partial charge in [0.05, 0.1) is 0 Å². The summed E-state index contributed by atoms with van der Waals surface area (Å²) in [4.78, 5) is 11.8. The van der Waals surface area contributed by atoms with Gasteiger partial charge in [0, 0.05) is 39.1 Å². The first kappa shape index (κ1) is 15.9. The van der Waals surface area contributed by atoms with E-state index in [1.54, 1.807) is 31.4 Å². The lowest BCUT2D eigenvalue weighted by Gasteiger charge is -2.09. The standard InChI is InChI=1S/C14H18ClNO2S/c1-4-5-10(2)14(17)16-12-6-7-13(15)11(8-12)9-19(3)18/h5-8H,4,9H2,1-3H3,(H,16,17). The number of anilines is 1. The molecule has 1 aromatic carbocycles. The number of hydrogen-bond acceptors (Lipinski definition) is 2. The molecule has 19 heavy (non-hydrogen) atoms. The maximum Gasteiger partial charge on any atom is 0.250 e. The molecule has 1 N–H and O–H groups in total. The molecule has 0 fully saturated rings. The summed E-state index contributed by atoms with van der Waals surface area (Å²) in [6.07, 6.45) is 4.31. The largest absolute Gasteiger partial charge is 0.322 e. The van der Waals surface area contributed by atoms with Crippen molar-refractivity contribution in [2.45, 2.75) is 26.0 Å². The molecular formula is C14H18ClNO2S. The van der Waals surface area contributed by atoms with E-state index in [1.807, 2.05) is 13.0 Å². The fourth-order valence-electron chi connectivity index (χ4n) is 1.61. The zero-order valence-corrected chi connectivity index (χ0v) is 12.9. The summed E-state index contributed by atoms with van der Waals surface area (Å²) in [5, 5.41) is 3.37. The van der Waals surface area contributed by atoms with Crippen LogP contribution in [-0.4, -0.2) is 16.4 Å². The average Bonchev–Trinajstić information content (AvgIpc) is 2.33. The van der Waals surface area contributed by atoms with Crippen molar-refractivity contribution in [2.24, 2.45) is 0 Å². The van der Waals surface area contributed by atoms with Gasteiger partial charge < -0.3 is 5.32 Å². The van der Waals surface area contributed by atoms with E-state index in [-0.39, 0.29) is 5.91 Å². The van der Waals surface area contributed by atoms with Crippen LogP contribution in [0.25, 0.3) is 0 Å². The number of carbonyl (C=O) groups excluding carboxylic acids is 1. The molecule has 0 radical (unpaired) electrons. The van der Waals surface area contributed by atoms with E-state index >= 15 is 0 Å². The highest BCUT2D eigenvalue weighted by molar-refractivity contribution is 7.83. The molecule has 0 aliphatic heterocycles. The van der Waals surface area contributed by atoms with Crippen molar-refractivity contribution in [2.75, 3.05) is 11.6 Å². The van der Waals surface area contributed by atoms with Crippen LogP contribution >= 0.6 is 11.6 Å². The maximum atomic E-state index is 11.8. The highest BCUT2D eigenvalue weighted by Gasteiger charge is 2.08. The van der Waals surface area contributed by atoms with Gasteiger partial charge >= 0.3 is 0 Å². The Bertz CT molecular complexity index is 526. The Morgan fingerprint density at radius 3 is 2.74 bits per heavy atom. The molecule has 3 nitrogen and oxygen atoms in total. The molecule has 0 heterocycles. The Hall–Kier alpha value is -1.13. The zero-order valence-electron chi connectivity index (χ0n) is 11.3. The quantitative estimate of drug-likeness (QED) is 0.846. The van der Waals surface area contributed by atoms with Gasteiger partial charge in [0.1, 0.15) is 0 Å². The van der Waals surface area contributed by atoms with Crippen LogP contribution in [0.2, 0.25) is 5.02 Å². The molecule has 0 aliphatic rings. The second-order valence-electron chi connectivity index (χ2n) is 4.27. The minimum absolute atomic E-state index is 0.132. The predicted octanol–water partition coefficient (Wildman–Crippen LogP) is 3.51. The van der Waals surface area contributed by atoms with Gasteiger partial charge in [0.25, 0.3) is 5.91 Å². The summed E-state index contributed by atoms with van der Waals surface area (Å²) in [6.45, 7) is 3.75. The van der Waals surface area contributed by atoms with E-state index in [4.69, 9.17) is 11.6 Å². The van der Waals surface area contributed by atoms with Gasteiger partial charge in [0.15, 0.2) is 0 Å². The average molecular weight is 300 g/mol. The number of halogens is 1. The van der Waals surface area contributed by atoms with Gasteiger partial charge in [-0.1, -0.05) is 24.6 Å². The Morgan fingerprint density at radius 2 is 2.16 bits per heavy atom. The van der Waals surface area contributed by atoms with Crippen LogP contribution in [-0.2, 0) is 21.3 Å². The molecule has 1 aromatic rings. The van der Waals surface area contributed by atoms with Crippen molar-refractivity contribution >= 4 is 34.0 Å². The minimum Gasteiger partial charge on any atom is -0.322 e. The number of hydrogen-bond donors (Lipinski definition) is 1. The van der Waals surface area contributed by atoms with Crippen LogP contribution < -0.4 is 5.32 Å². The lowest BCUT2D eigenvalue weighted by Crippen LogP contribution is -2.12. The summed E-state index contributed by atoms with van der Waals surface area (Å²) in [7, 11) is -0.968. The van der Waals surface area contributed by atoms with E-state index in [2.05, 4.69) is 5.32 Å². The Balaban J connectivity index is 2.88. The maximum absolute atomic E-state index is 11.8. The lowest BCUT2D eigenvalue weighted by molar-refractivity contribution is -0.112. The molecule has 5 heteroatoms. The second-order valence-corrected chi connectivity index (χ2v) is 6.12. The van der Waals surface area contributed by atoms with E-state index in [1.165, 1.54) is 0 Å². The van der Waals surface area contributed by atoms with Crippen molar-refractivity contribution in [1.29, 1.82) is 0 Å². The number of allylic oxidation sites excluding steroid dienone is 1. The van der Waals surface area contributed by atoms with E-state index in [0.29, 0.717) is 22.0 Å². The molecular weight excluding hydrogens is 282 g/mol. The Morgan fingerprint density at radius 1 is 1.47 bits per heavy atom. The Kier molecular flexibility index (Phi) is 6.25. The summed E-state index contributed by atoms with van der Waals surface area (Å²) >= 11 is 6.03. The molecule has 1 unspecified atom stereocenters. The molecule has 104 valence electrons. The Labute approximate surface area is 121 Å². The molecule has 1 atom stereocenters. The monoisotopic (exact) mass is 299 g/mol. The fourth-order valence-corrected chi connectivity index (χ4v) is 2.55. The van der Waals surface area contributed by atoms with Crippen LogP contribution in [0.5, 0.6) is 0 Å². The number of benzene rings is 1. The molecule has 0 aromatic heterocycles. The predicted molar refractivity (Wildman–Crippen MR) is 81.9 cm³/mol. The topological polar surface area (TPSA) is 46.2 Å². The molecule has 0 saturated carbocycles. The van der Waals surface area contributed by atoms with Gasteiger partial charge in [-0.05, 0) is 37.1 Å². The summed E-state index contributed by atoms with van der Waals surface area (Å²) in [6, 6.07) is 5.21. The number of nitrogens with one attached hydrogen (secondary N) is 1. The van der Waals surface area contributed by atoms with Gasteiger partial charge in [-0.15, -0.1) is 0 Å². The van der Waals surface area contributed by atoms with Crippen LogP contribution in [0.3, 0.4) is 0 Å². The van der Waals surface area contributed by atoms with Gasteiger partial charge in [0.2, 0.25) is 0 Å². The highest BCUT2D eigenvalue weighted by Crippen LogP contribution is 2.22. The third-order valence-corrected chi connectivity index (χ3v) is 3.62. The van der Waals surface area contributed by atoms with E-state index in [9.17, 15) is 9.00 Å². The first-order chi connectivity index (χ1) is 8.93. The number of carbonyl (C=O) groups is 1. The van der Waals surface area contributed by atoms with Gasteiger partial charge in [-0.2, -0.15) is 0 Å².